The molecule has 1 aromatic heterocycles. The van der Waals surface area contributed by atoms with E-state index >= 15 is 0 Å². The summed E-state index contributed by atoms with van der Waals surface area (Å²) in [5, 5.41) is 5.40. The zero-order chi connectivity index (χ0) is 29.8. The Bertz CT molecular complexity index is 1130. The van der Waals surface area contributed by atoms with Crippen molar-refractivity contribution in [2.24, 2.45) is 0 Å². The molecule has 0 aliphatic carbocycles. The van der Waals surface area contributed by atoms with Gasteiger partial charge in [0.15, 0.2) is 8.32 Å². The van der Waals surface area contributed by atoms with Gasteiger partial charge in [-0.25, -0.2) is 23.4 Å². The maximum Gasteiger partial charge on any atom is 0.414 e. The van der Waals surface area contributed by atoms with Crippen molar-refractivity contribution in [1.82, 2.24) is 15.6 Å². The summed E-state index contributed by atoms with van der Waals surface area (Å²) in [6, 6.07) is 4.95. The number of nitrogens with zero attached hydrogens (tertiary/aromatic N) is 1. The van der Waals surface area contributed by atoms with Gasteiger partial charge in [0.25, 0.3) is 11.1 Å². The fourth-order valence-corrected chi connectivity index (χ4v) is 5.43. The van der Waals surface area contributed by atoms with Crippen LogP contribution in [0.3, 0.4) is 0 Å². The second-order valence-electron chi connectivity index (χ2n) is 11.8. The average Bonchev–Trinajstić information content (AvgIpc) is 3.17. The Hall–Kier alpha value is -2.09. The predicted octanol–water partition coefficient (Wildman–Crippen LogP) is 7.76. The van der Waals surface area contributed by atoms with E-state index in [1.165, 1.54) is 18.3 Å². The highest BCUT2D eigenvalue weighted by Crippen LogP contribution is 2.41. The van der Waals surface area contributed by atoms with E-state index in [-0.39, 0.29) is 22.3 Å². The number of thiazole rings is 1. The van der Waals surface area contributed by atoms with Gasteiger partial charge in [0.1, 0.15) is 5.60 Å². The van der Waals surface area contributed by atoms with E-state index < -0.39 is 44.2 Å². The second kappa shape index (κ2) is 12.6. The Morgan fingerprint density at radius 1 is 1.05 bits per heavy atom. The first-order valence-electron chi connectivity index (χ1n) is 12.4. The minimum atomic E-state index is -3.02. The fraction of sp³-hybridized carbons (Fsp3) is 0.577. The third-order valence-corrected chi connectivity index (χ3v) is 12.0. The Morgan fingerprint density at radius 3 is 2.10 bits per heavy atom. The van der Waals surface area contributed by atoms with Crippen molar-refractivity contribution in [1.29, 1.82) is 0 Å². The van der Waals surface area contributed by atoms with E-state index in [2.05, 4.69) is 52.3 Å². The number of amides is 2. The quantitative estimate of drug-likeness (QED) is 0.269. The minimum Gasteiger partial charge on any atom is -0.444 e. The largest absolute Gasteiger partial charge is 0.444 e. The van der Waals surface area contributed by atoms with Crippen LogP contribution in [0, 0.1) is 0 Å². The summed E-state index contributed by atoms with van der Waals surface area (Å²) >= 11 is 4.40. The van der Waals surface area contributed by atoms with E-state index in [0.717, 1.165) is 18.3 Å². The molecule has 0 unspecified atom stereocenters. The number of halogens is 3. The molecule has 2 aromatic rings. The van der Waals surface area contributed by atoms with Gasteiger partial charge in [-0.05, 0) is 60.4 Å². The number of carbonyl (C=O) groups excluding carboxylic acids is 2. The van der Waals surface area contributed by atoms with Crippen molar-refractivity contribution in [2.75, 3.05) is 6.54 Å². The van der Waals surface area contributed by atoms with Crippen LogP contribution in [0.5, 0.6) is 5.19 Å². The van der Waals surface area contributed by atoms with Gasteiger partial charge in [0.05, 0.1) is 22.1 Å². The summed E-state index contributed by atoms with van der Waals surface area (Å²) in [7, 11) is -2.47. The van der Waals surface area contributed by atoms with Crippen molar-refractivity contribution in [3.8, 4) is 5.19 Å². The van der Waals surface area contributed by atoms with Gasteiger partial charge in [-0.15, -0.1) is 0 Å². The highest BCUT2D eigenvalue weighted by atomic mass is 79.9. The van der Waals surface area contributed by atoms with Crippen molar-refractivity contribution in [3.63, 3.8) is 0 Å². The number of ether oxygens (including phenoxy) is 2. The topological polar surface area (TPSA) is 98.8 Å². The molecule has 0 fully saturated rings. The Labute approximate surface area is 242 Å². The first-order valence-corrected chi connectivity index (χ1v) is 16.9. The number of hydrogen-bond acceptors (Lipinski definition) is 7. The van der Waals surface area contributed by atoms with Crippen molar-refractivity contribution >= 4 is 47.8 Å². The van der Waals surface area contributed by atoms with Gasteiger partial charge in [-0.1, -0.05) is 56.4 Å². The molecule has 0 saturated heterocycles. The lowest BCUT2D eigenvalue weighted by Crippen LogP contribution is -2.52. The molecule has 0 saturated carbocycles. The molecule has 0 aliphatic rings. The number of benzene rings is 1. The lowest BCUT2D eigenvalue weighted by atomic mass is 9.99. The van der Waals surface area contributed by atoms with Crippen LogP contribution in [-0.2, 0) is 15.1 Å². The SMILES string of the molecule is CC(C)(C)OC(=O)N[C@H](CNC(=O)Oc1ncc(Br)s1)[C@@H](O[Si](C)(C)C(C)(C)C)c1ccc(C(C)(F)F)cc1. The summed E-state index contributed by atoms with van der Waals surface area (Å²) in [5.41, 5.74) is -0.359. The standard InChI is InChI=1S/C26H38BrF2N3O5SSi/c1-24(2,3)36-22(34)32-18(14-30-21(33)35-23-31-15-19(27)38-23)20(37-39(8,9)25(4,5)6)16-10-12-17(13-11-16)26(7,28)29/h10-13,15,18,20H,14H2,1-9H3,(H,30,33)(H,32,34)/t18-,20+/m1/s1. The lowest BCUT2D eigenvalue weighted by molar-refractivity contribution is 0.0174. The van der Waals surface area contributed by atoms with Gasteiger partial charge in [-0.2, -0.15) is 0 Å². The first kappa shape index (κ1) is 33.1. The molecule has 2 N–H and O–H groups in total. The molecule has 2 atom stereocenters. The molecule has 39 heavy (non-hydrogen) atoms. The minimum absolute atomic E-state index is 0.102. The number of alkyl carbamates (subject to hydrolysis) is 1. The summed E-state index contributed by atoms with van der Waals surface area (Å²) in [6.07, 6.45) is -0.786. The average molecular weight is 651 g/mol. The molecular formula is C26H38BrF2N3O5SSi. The summed E-state index contributed by atoms with van der Waals surface area (Å²) < 4.78 is 46.0. The molecule has 0 bridgehead atoms. The van der Waals surface area contributed by atoms with E-state index in [4.69, 9.17) is 13.9 Å². The fourth-order valence-electron chi connectivity index (χ4n) is 3.13. The van der Waals surface area contributed by atoms with E-state index in [1.807, 2.05) is 13.1 Å². The number of carbonyl (C=O) groups is 2. The molecule has 2 amide bonds. The Kier molecular flexibility index (Phi) is 10.7. The molecule has 0 aliphatic heterocycles. The molecule has 13 heteroatoms. The van der Waals surface area contributed by atoms with E-state index in [1.54, 1.807) is 32.9 Å². The second-order valence-corrected chi connectivity index (χ2v) is 18.9. The van der Waals surface area contributed by atoms with Gasteiger partial charge < -0.3 is 24.5 Å². The molecule has 1 heterocycles. The Morgan fingerprint density at radius 2 is 1.64 bits per heavy atom. The zero-order valence-electron chi connectivity index (χ0n) is 23.8. The number of rotatable bonds is 9. The van der Waals surface area contributed by atoms with Crippen LogP contribution in [0.15, 0.2) is 34.2 Å². The normalized spacial score (nSPS) is 14.4. The molecule has 1 aromatic carbocycles. The van der Waals surface area contributed by atoms with Gasteiger partial charge in [0.2, 0.25) is 0 Å². The molecule has 8 nitrogen and oxygen atoms in total. The van der Waals surface area contributed by atoms with Crippen LogP contribution in [-0.4, -0.2) is 43.7 Å². The van der Waals surface area contributed by atoms with Crippen LogP contribution < -0.4 is 15.4 Å². The van der Waals surface area contributed by atoms with Crippen LogP contribution in [0.4, 0.5) is 18.4 Å². The summed E-state index contributed by atoms with van der Waals surface area (Å²) in [5.74, 6) is -3.02. The maximum atomic E-state index is 13.9. The van der Waals surface area contributed by atoms with Gasteiger partial charge in [-0.3, -0.25) is 0 Å². The van der Waals surface area contributed by atoms with Crippen molar-refractivity contribution in [3.05, 3.63) is 45.4 Å². The molecule has 218 valence electrons. The molecule has 0 radical (unpaired) electrons. The number of alkyl halides is 2. The summed E-state index contributed by atoms with van der Waals surface area (Å²) in [6.45, 7) is 16.2. The first-order chi connectivity index (χ1) is 17.7. The van der Waals surface area contributed by atoms with Gasteiger partial charge >= 0.3 is 12.2 Å². The van der Waals surface area contributed by atoms with Crippen LogP contribution in [0.25, 0.3) is 0 Å². The van der Waals surface area contributed by atoms with Crippen molar-refractivity contribution < 1.29 is 32.3 Å². The Balaban J connectivity index is 2.44. The molecule has 0 spiro atoms. The van der Waals surface area contributed by atoms with Crippen LogP contribution in [0.2, 0.25) is 18.1 Å². The lowest BCUT2D eigenvalue weighted by Gasteiger charge is -2.42. The highest BCUT2D eigenvalue weighted by Gasteiger charge is 2.42. The van der Waals surface area contributed by atoms with E-state index in [9.17, 15) is 18.4 Å². The van der Waals surface area contributed by atoms with Crippen LogP contribution in [0.1, 0.15) is 65.7 Å². The zero-order valence-corrected chi connectivity index (χ0v) is 27.2. The number of aromatic nitrogens is 1. The van der Waals surface area contributed by atoms with E-state index in [0.29, 0.717) is 9.35 Å². The molecular weight excluding hydrogens is 612 g/mol. The van der Waals surface area contributed by atoms with Crippen molar-refractivity contribution in [2.45, 2.75) is 90.3 Å². The molecule has 2 rings (SSSR count). The predicted molar refractivity (Wildman–Crippen MR) is 154 cm³/mol. The number of hydrogen-bond donors (Lipinski definition) is 2. The third kappa shape index (κ3) is 10.4. The summed E-state index contributed by atoms with van der Waals surface area (Å²) in [4.78, 5) is 29.4. The maximum absolute atomic E-state index is 13.9. The monoisotopic (exact) mass is 649 g/mol. The van der Waals surface area contributed by atoms with Gasteiger partial charge in [0, 0.05) is 19.0 Å². The smallest absolute Gasteiger partial charge is 0.414 e. The highest BCUT2D eigenvalue weighted by molar-refractivity contribution is 9.11. The van der Waals surface area contributed by atoms with Crippen LogP contribution >= 0.6 is 27.3 Å². The third-order valence-electron chi connectivity index (χ3n) is 6.14. The number of nitrogens with one attached hydrogen (secondary N) is 2.